The predicted octanol–water partition coefficient (Wildman–Crippen LogP) is 1.29. The monoisotopic (exact) mass is 290 g/mol. The molecule has 0 radical (unpaired) electrons. The molecule has 0 aromatic carbocycles. The molecule has 0 N–H and O–H groups in total. The minimum Gasteiger partial charge on any atom is -0.332 e. The second-order valence-corrected chi connectivity index (χ2v) is 5.88. The second kappa shape index (κ2) is 7.64. The number of carbonyl (C=O) groups is 2. The minimum absolute atomic E-state index is 0.0667. The van der Waals surface area contributed by atoms with Gasteiger partial charge >= 0.3 is 0 Å². The van der Waals surface area contributed by atoms with Gasteiger partial charge in [0.05, 0.1) is 12.1 Å². The average Bonchev–Trinajstić information content (AvgIpc) is 2.87. The summed E-state index contributed by atoms with van der Waals surface area (Å²) in [6, 6.07) is 3.91. The van der Waals surface area contributed by atoms with Crippen molar-refractivity contribution in [2.45, 2.75) is 38.5 Å². The molecule has 2 amide bonds. The van der Waals surface area contributed by atoms with Crippen LogP contribution in [0.4, 0.5) is 0 Å². The number of hydrogen-bond acceptors (Lipinski definition) is 4. The number of nitriles is 2. The fourth-order valence-electron chi connectivity index (χ4n) is 2.84. The highest BCUT2D eigenvalue weighted by atomic mass is 16.2. The molecule has 1 aliphatic rings. The van der Waals surface area contributed by atoms with E-state index in [2.05, 4.69) is 0 Å². The molecule has 0 aromatic heterocycles. The fourth-order valence-corrected chi connectivity index (χ4v) is 2.84. The highest BCUT2D eigenvalue weighted by molar-refractivity contribution is 5.80. The Labute approximate surface area is 125 Å². The third-order valence-electron chi connectivity index (χ3n) is 4.18. The molecule has 1 aliphatic carbocycles. The van der Waals surface area contributed by atoms with Gasteiger partial charge in [-0.25, -0.2) is 0 Å². The van der Waals surface area contributed by atoms with Crippen molar-refractivity contribution in [3.05, 3.63) is 0 Å². The molecule has 21 heavy (non-hydrogen) atoms. The molecule has 0 saturated heterocycles. The Bertz CT molecular complexity index is 431. The Morgan fingerprint density at radius 1 is 0.952 bits per heavy atom. The summed E-state index contributed by atoms with van der Waals surface area (Å²) in [5.74, 6) is -0.177. The molecule has 6 nitrogen and oxygen atoms in total. The number of carbonyl (C=O) groups excluding carboxylic acids is 2. The molecule has 0 atom stereocenters. The molecule has 0 heterocycles. The largest absolute Gasteiger partial charge is 0.332 e. The van der Waals surface area contributed by atoms with E-state index < -0.39 is 0 Å². The van der Waals surface area contributed by atoms with Crippen LogP contribution >= 0.6 is 0 Å². The highest BCUT2D eigenvalue weighted by Gasteiger charge is 2.39. The molecule has 0 spiro atoms. The topological polar surface area (TPSA) is 88.2 Å². The van der Waals surface area contributed by atoms with Crippen LogP contribution in [0.1, 0.15) is 38.5 Å². The van der Waals surface area contributed by atoms with Crippen molar-refractivity contribution >= 4 is 11.8 Å². The van der Waals surface area contributed by atoms with E-state index >= 15 is 0 Å². The molecule has 0 aromatic rings. The third-order valence-corrected chi connectivity index (χ3v) is 4.18. The summed E-state index contributed by atoms with van der Waals surface area (Å²) in [5.41, 5.74) is -0.304. The van der Waals surface area contributed by atoms with Crippen LogP contribution in [0.15, 0.2) is 0 Å². The Morgan fingerprint density at radius 3 is 1.67 bits per heavy atom. The van der Waals surface area contributed by atoms with Crippen molar-refractivity contribution in [2.75, 3.05) is 27.2 Å². The van der Waals surface area contributed by atoms with Gasteiger partial charge in [0.1, 0.15) is 13.1 Å². The van der Waals surface area contributed by atoms with Crippen LogP contribution in [0.3, 0.4) is 0 Å². The van der Waals surface area contributed by atoms with Gasteiger partial charge in [-0.15, -0.1) is 0 Å². The first-order valence-electron chi connectivity index (χ1n) is 7.16. The number of hydrogen-bond donors (Lipinski definition) is 0. The lowest BCUT2D eigenvalue weighted by Crippen LogP contribution is -2.37. The molecule has 0 unspecified atom stereocenters. The summed E-state index contributed by atoms with van der Waals surface area (Å²) in [5, 5.41) is 17.3. The van der Waals surface area contributed by atoms with Gasteiger partial charge in [-0.2, -0.15) is 10.5 Å². The molecule has 0 bridgehead atoms. The molecule has 1 fully saturated rings. The number of nitrogens with zero attached hydrogens (tertiary/aromatic N) is 4. The maximum Gasteiger partial charge on any atom is 0.223 e. The van der Waals surface area contributed by atoms with E-state index in [1.54, 1.807) is 14.1 Å². The first kappa shape index (κ1) is 17.0. The van der Waals surface area contributed by atoms with E-state index in [0.717, 1.165) is 25.7 Å². The van der Waals surface area contributed by atoms with Crippen LogP contribution in [0.2, 0.25) is 0 Å². The van der Waals surface area contributed by atoms with Crippen LogP contribution in [-0.4, -0.2) is 48.8 Å². The Kier molecular flexibility index (Phi) is 6.17. The second-order valence-electron chi connectivity index (χ2n) is 5.88. The van der Waals surface area contributed by atoms with Crippen LogP contribution < -0.4 is 0 Å². The van der Waals surface area contributed by atoms with E-state index in [0.29, 0.717) is 12.8 Å². The zero-order valence-electron chi connectivity index (χ0n) is 12.8. The van der Waals surface area contributed by atoms with Crippen molar-refractivity contribution in [1.82, 2.24) is 9.80 Å². The summed E-state index contributed by atoms with van der Waals surface area (Å²) in [6.45, 7) is 0.133. The number of amides is 2. The van der Waals surface area contributed by atoms with E-state index in [1.807, 2.05) is 12.1 Å². The van der Waals surface area contributed by atoms with Gasteiger partial charge in [0.2, 0.25) is 11.8 Å². The lowest BCUT2D eigenvalue weighted by Gasteiger charge is -2.30. The van der Waals surface area contributed by atoms with Gasteiger partial charge in [0, 0.05) is 26.9 Å². The van der Waals surface area contributed by atoms with Crippen LogP contribution in [0, 0.1) is 28.1 Å². The zero-order valence-corrected chi connectivity index (χ0v) is 12.8. The van der Waals surface area contributed by atoms with Gasteiger partial charge < -0.3 is 9.80 Å². The first-order valence-corrected chi connectivity index (χ1v) is 7.16. The summed E-state index contributed by atoms with van der Waals surface area (Å²) in [6.07, 6.45) is 4.35. The lowest BCUT2D eigenvalue weighted by molar-refractivity contribution is -0.135. The normalized spacial score (nSPS) is 15.8. The zero-order chi connectivity index (χ0) is 15.9. The van der Waals surface area contributed by atoms with E-state index in [9.17, 15) is 9.59 Å². The summed E-state index contributed by atoms with van der Waals surface area (Å²) >= 11 is 0. The predicted molar refractivity (Wildman–Crippen MR) is 76.6 cm³/mol. The van der Waals surface area contributed by atoms with E-state index in [-0.39, 0.29) is 30.3 Å². The maximum atomic E-state index is 12.2. The number of rotatable bonds is 6. The van der Waals surface area contributed by atoms with Gasteiger partial charge in [0.15, 0.2) is 0 Å². The molecule has 1 rings (SSSR count). The van der Waals surface area contributed by atoms with Crippen LogP contribution in [0.25, 0.3) is 0 Å². The fraction of sp³-hybridized carbons (Fsp3) is 0.733. The smallest absolute Gasteiger partial charge is 0.223 e. The first-order chi connectivity index (χ1) is 9.94. The summed E-state index contributed by atoms with van der Waals surface area (Å²) in [7, 11) is 3.22. The third kappa shape index (κ3) is 4.75. The van der Waals surface area contributed by atoms with Gasteiger partial charge in [0.25, 0.3) is 0 Å². The molecular weight excluding hydrogens is 268 g/mol. The van der Waals surface area contributed by atoms with Crippen molar-refractivity contribution in [3.63, 3.8) is 0 Å². The standard InChI is InChI=1S/C15H22N4O2/c1-18(9-7-16)13(20)11-15(5-3-4-6-15)12-14(21)19(2)10-8-17/h3-6,9-12H2,1-2H3. The summed E-state index contributed by atoms with van der Waals surface area (Å²) < 4.78 is 0. The van der Waals surface area contributed by atoms with Crippen molar-refractivity contribution < 1.29 is 9.59 Å². The molecule has 1 saturated carbocycles. The van der Waals surface area contributed by atoms with Gasteiger partial charge in [-0.1, -0.05) is 12.8 Å². The van der Waals surface area contributed by atoms with Gasteiger partial charge in [-0.3, -0.25) is 9.59 Å². The van der Waals surface area contributed by atoms with E-state index in [4.69, 9.17) is 10.5 Å². The molecule has 6 heteroatoms. The van der Waals surface area contributed by atoms with Crippen molar-refractivity contribution in [2.24, 2.45) is 5.41 Å². The minimum atomic E-state index is -0.304. The highest BCUT2D eigenvalue weighted by Crippen LogP contribution is 2.44. The molecule has 0 aliphatic heterocycles. The van der Waals surface area contributed by atoms with Crippen molar-refractivity contribution in [1.29, 1.82) is 10.5 Å². The Hall–Kier alpha value is -2.08. The van der Waals surface area contributed by atoms with Crippen molar-refractivity contribution in [3.8, 4) is 12.1 Å². The van der Waals surface area contributed by atoms with Crippen LogP contribution in [0.5, 0.6) is 0 Å². The Balaban J connectivity index is 2.71. The van der Waals surface area contributed by atoms with Gasteiger partial charge in [-0.05, 0) is 18.3 Å². The molecule has 114 valence electrons. The SMILES string of the molecule is CN(CC#N)C(=O)CC1(CC(=O)N(C)CC#N)CCCC1. The lowest BCUT2D eigenvalue weighted by atomic mass is 9.78. The quantitative estimate of drug-likeness (QED) is 0.689. The summed E-state index contributed by atoms with van der Waals surface area (Å²) in [4.78, 5) is 27.2. The maximum absolute atomic E-state index is 12.2. The van der Waals surface area contributed by atoms with E-state index in [1.165, 1.54) is 9.80 Å². The van der Waals surface area contributed by atoms with Crippen LogP contribution in [-0.2, 0) is 9.59 Å². The average molecular weight is 290 g/mol. The molecular formula is C15H22N4O2. The Morgan fingerprint density at radius 2 is 1.33 bits per heavy atom.